The van der Waals surface area contributed by atoms with E-state index < -0.39 is 0 Å². The lowest BCUT2D eigenvalue weighted by atomic mass is 9.94. The fourth-order valence-corrected chi connectivity index (χ4v) is 2.47. The molecule has 0 aromatic heterocycles. The van der Waals surface area contributed by atoms with Crippen LogP contribution < -0.4 is 10.6 Å². The highest BCUT2D eigenvalue weighted by Gasteiger charge is 2.23. The first kappa shape index (κ1) is 13.1. The van der Waals surface area contributed by atoms with Crippen LogP contribution in [0.15, 0.2) is 18.2 Å². The molecule has 0 bridgehead atoms. The van der Waals surface area contributed by atoms with Gasteiger partial charge in [0.25, 0.3) is 5.91 Å². The van der Waals surface area contributed by atoms with Gasteiger partial charge >= 0.3 is 0 Å². The number of amides is 1. The fraction of sp³-hybridized carbons (Fsp3) is 0.533. The Bertz CT molecular complexity index is 442. The minimum Gasteiger partial charge on any atom is -0.349 e. The van der Waals surface area contributed by atoms with Gasteiger partial charge in [-0.25, -0.2) is 0 Å². The van der Waals surface area contributed by atoms with Crippen molar-refractivity contribution in [2.75, 3.05) is 13.1 Å². The van der Waals surface area contributed by atoms with Crippen LogP contribution in [0.25, 0.3) is 0 Å². The highest BCUT2D eigenvalue weighted by Crippen LogP contribution is 2.15. The Kier molecular flexibility index (Phi) is 4.02. The Morgan fingerprint density at radius 3 is 2.89 bits per heavy atom. The predicted octanol–water partition coefficient (Wildman–Crippen LogP) is 2.03. The Morgan fingerprint density at radius 1 is 1.39 bits per heavy atom. The van der Waals surface area contributed by atoms with Gasteiger partial charge in [0.2, 0.25) is 0 Å². The number of aryl methyl sites for hydroxylation is 1. The summed E-state index contributed by atoms with van der Waals surface area (Å²) >= 11 is 0. The van der Waals surface area contributed by atoms with Crippen molar-refractivity contribution in [2.45, 2.75) is 33.2 Å². The van der Waals surface area contributed by atoms with Crippen LogP contribution in [0.2, 0.25) is 0 Å². The Hall–Kier alpha value is -1.35. The molecule has 1 fully saturated rings. The zero-order valence-electron chi connectivity index (χ0n) is 11.4. The molecule has 2 unspecified atom stereocenters. The van der Waals surface area contributed by atoms with Crippen molar-refractivity contribution in [1.82, 2.24) is 10.6 Å². The molecule has 3 nitrogen and oxygen atoms in total. The van der Waals surface area contributed by atoms with E-state index in [1.54, 1.807) is 0 Å². The third-order valence-corrected chi connectivity index (χ3v) is 3.95. The molecule has 98 valence electrons. The van der Waals surface area contributed by atoms with Crippen LogP contribution in [-0.2, 0) is 0 Å². The van der Waals surface area contributed by atoms with E-state index in [-0.39, 0.29) is 5.91 Å². The third-order valence-electron chi connectivity index (χ3n) is 3.95. The van der Waals surface area contributed by atoms with E-state index in [0.29, 0.717) is 12.0 Å². The van der Waals surface area contributed by atoms with Gasteiger partial charge in [-0.1, -0.05) is 19.1 Å². The van der Waals surface area contributed by atoms with E-state index in [9.17, 15) is 4.79 Å². The topological polar surface area (TPSA) is 41.1 Å². The van der Waals surface area contributed by atoms with E-state index in [4.69, 9.17) is 0 Å². The molecular formula is C15H22N2O. The van der Waals surface area contributed by atoms with E-state index in [1.165, 1.54) is 5.56 Å². The first-order valence-electron chi connectivity index (χ1n) is 6.67. The lowest BCUT2D eigenvalue weighted by Crippen LogP contribution is -2.48. The van der Waals surface area contributed by atoms with Gasteiger partial charge in [0.15, 0.2) is 0 Å². The number of piperidine rings is 1. The van der Waals surface area contributed by atoms with Gasteiger partial charge in [-0.3, -0.25) is 4.79 Å². The molecule has 0 saturated carbocycles. The van der Waals surface area contributed by atoms with E-state index in [1.807, 2.05) is 32.0 Å². The number of carbonyl (C=O) groups is 1. The van der Waals surface area contributed by atoms with Gasteiger partial charge in [-0.15, -0.1) is 0 Å². The van der Waals surface area contributed by atoms with Crippen molar-refractivity contribution < 1.29 is 4.79 Å². The average molecular weight is 246 g/mol. The third kappa shape index (κ3) is 2.72. The lowest BCUT2D eigenvalue weighted by Gasteiger charge is -2.30. The summed E-state index contributed by atoms with van der Waals surface area (Å²) in [6.45, 7) is 8.20. The predicted molar refractivity (Wildman–Crippen MR) is 73.8 cm³/mol. The molecule has 2 atom stereocenters. The minimum atomic E-state index is 0.0648. The second-order valence-electron chi connectivity index (χ2n) is 5.30. The van der Waals surface area contributed by atoms with Crippen LogP contribution in [0.3, 0.4) is 0 Å². The van der Waals surface area contributed by atoms with Crippen LogP contribution in [0.4, 0.5) is 0 Å². The second-order valence-corrected chi connectivity index (χ2v) is 5.30. The fourth-order valence-electron chi connectivity index (χ4n) is 2.47. The molecule has 2 rings (SSSR count). The van der Waals surface area contributed by atoms with Crippen LogP contribution in [0, 0.1) is 19.8 Å². The molecule has 18 heavy (non-hydrogen) atoms. The van der Waals surface area contributed by atoms with Crippen LogP contribution >= 0.6 is 0 Å². The van der Waals surface area contributed by atoms with Gasteiger partial charge in [0.1, 0.15) is 0 Å². The first-order valence-corrected chi connectivity index (χ1v) is 6.67. The van der Waals surface area contributed by atoms with Crippen molar-refractivity contribution in [3.8, 4) is 0 Å². The summed E-state index contributed by atoms with van der Waals surface area (Å²) in [5.41, 5.74) is 3.05. The molecule has 1 aromatic rings. The summed E-state index contributed by atoms with van der Waals surface area (Å²) in [5, 5.41) is 6.52. The monoisotopic (exact) mass is 246 g/mol. The summed E-state index contributed by atoms with van der Waals surface area (Å²) in [7, 11) is 0. The second kappa shape index (κ2) is 5.53. The standard InChI is InChI=1S/C15H22N2O/c1-10-5-4-6-13(12(10)3)15(18)17-14-7-8-16-9-11(14)2/h4-6,11,14,16H,7-9H2,1-3H3,(H,17,18). The van der Waals surface area contributed by atoms with E-state index in [2.05, 4.69) is 17.6 Å². The smallest absolute Gasteiger partial charge is 0.251 e. The number of hydrogen-bond acceptors (Lipinski definition) is 2. The quantitative estimate of drug-likeness (QED) is 0.838. The number of rotatable bonds is 2. The maximum absolute atomic E-state index is 12.3. The van der Waals surface area contributed by atoms with E-state index in [0.717, 1.165) is 30.6 Å². The SMILES string of the molecule is Cc1cccc(C(=O)NC2CCNCC2C)c1C. The summed E-state index contributed by atoms with van der Waals surface area (Å²) in [6.07, 6.45) is 1.01. The van der Waals surface area contributed by atoms with Crippen LogP contribution in [0.1, 0.15) is 34.8 Å². The molecule has 1 amide bonds. The highest BCUT2D eigenvalue weighted by molar-refractivity contribution is 5.96. The van der Waals surface area contributed by atoms with Crippen molar-refractivity contribution in [3.05, 3.63) is 34.9 Å². The van der Waals surface area contributed by atoms with Crippen molar-refractivity contribution in [3.63, 3.8) is 0 Å². The molecule has 1 aliphatic rings. The molecule has 1 aliphatic heterocycles. The van der Waals surface area contributed by atoms with Gasteiger partial charge in [-0.2, -0.15) is 0 Å². The Balaban J connectivity index is 2.09. The van der Waals surface area contributed by atoms with Gasteiger partial charge < -0.3 is 10.6 Å². The summed E-state index contributed by atoms with van der Waals surface area (Å²) in [5.74, 6) is 0.558. The van der Waals surface area contributed by atoms with Crippen molar-refractivity contribution in [2.24, 2.45) is 5.92 Å². The highest BCUT2D eigenvalue weighted by atomic mass is 16.1. The van der Waals surface area contributed by atoms with Crippen LogP contribution in [-0.4, -0.2) is 25.0 Å². The Morgan fingerprint density at radius 2 is 2.17 bits per heavy atom. The zero-order chi connectivity index (χ0) is 13.1. The maximum Gasteiger partial charge on any atom is 0.251 e. The van der Waals surface area contributed by atoms with Gasteiger partial charge in [-0.05, 0) is 56.5 Å². The lowest BCUT2D eigenvalue weighted by molar-refractivity contribution is 0.0913. The van der Waals surface area contributed by atoms with E-state index >= 15 is 0 Å². The van der Waals surface area contributed by atoms with Crippen molar-refractivity contribution >= 4 is 5.91 Å². The largest absolute Gasteiger partial charge is 0.349 e. The van der Waals surface area contributed by atoms with Crippen LogP contribution in [0.5, 0.6) is 0 Å². The van der Waals surface area contributed by atoms with Crippen molar-refractivity contribution in [1.29, 1.82) is 0 Å². The number of nitrogens with one attached hydrogen (secondary N) is 2. The normalized spacial score (nSPS) is 23.7. The molecule has 1 saturated heterocycles. The number of hydrogen-bond donors (Lipinski definition) is 2. The first-order chi connectivity index (χ1) is 8.59. The summed E-state index contributed by atoms with van der Waals surface area (Å²) in [4.78, 5) is 12.3. The molecule has 1 heterocycles. The van der Waals surface area contributed by atoms with Gasteiger partial charge in [0, 0.05) is 11.6 Å². The maximum atomic E-state index is 12.3. The number of benzene rings is 1. The van der Waals surface area contributed by atoms with Gasteiger partial charge in [0.05, 0.1) is 0 Å². The molecule has 2 N–H and O–H groups in total. The summed E-state index contributed by atoms with van der Waals surface area (Å²) in [6, 6.07) is 6.19. The molecule has 3 heteroatoms. The molecule has 1 aromatic carbocycles. The summed E-state index contributed by atoms with van der Waals surface area (Å²) < 4.78 is 0. The Labute approximate surface area is 109 Å². The number of carbonyl (C=O) groups excluding carboxylic acids is 1. The molecule has 0 radical (unpaired) electrons. The molecule has 0 spiro atoms. The molecule has 0 aliphatic carbocycles. The minimum absolute atomic E-state index is 0.0648. The molecular weight excluding hydrogens is 224 g/mol. The zero-order valence-corrected chi connectivity index (χ0v) is 11.4. The average Bonchev–Trinajstić information content (AvgIpc) is 2.35.